The predicted octanol–water partition coefficient (Wildman–Crippen LogP) is 2.19. The first-order valence-electron chi connectivity index (χ1n) is 8.72. The SMILES string of the molecule is C[C@@H]1C[C@@H]1C(=O)N1Cc2ccnn2[C@H](CC(=O)NCc2cccs2)C1. The molecule has 25 heavy (non-hydrogen) atoms. The van der Waals surface area contributed by atoms with Gasteiger partial charge in [-0.05, 0) is 29.9 Å². The average molecular weight is 358 g/mol. The molecule has 0 bridgehead atoms. The van der Waals surface area contributed by atoms with Gasteiger partial charge in [-0.25, -0.2) is 0 Å². The van der Waals surface area contributed by atoms with Gasteiger partial charge in [0.25, 0.3) is 0 Å². The molecule has 0 aromatic carbocycles. The molecule has 1 aliphatic carbocycles. The lowest BCUT2D eigenvalue weighted by Crippen LogP contribution is -2.43. The van der Waals surface area contributed by atoms with Gasteiger partial charge in [-0.1, -0.05) is 13.0 Å². The van der Waals surface area contributed by atoms with Gasteiger partial charge < -0.3 is 10.2 Å². The highest BCUT2D eigenvalue weighted by Gasteiger charge is 2.43. The van der Waals surface area contributed by atoms with Crippen molar-refractivity contribution in [1.82, 2.24) is 20.0 Å². The average Bonchev–Trinajstić information content (AvgIpc) is 3.02. The molecule has 4 rings (SSSR count). The fraction of sp³-hybridized carbons (Fsp3) is 0.500. The molecule has 2 aromatic heterocycles. The number of nitrogens with zero attached hydrogens (tertiary/aromatic N) is 3. The van der Waals surface area contributed by atoms with E-state index < -0.39 is 0 Å². The van der Waals surface area contributed by atoms with Crippen molar-refractivity contribution in [3.05, 3.63) is 40.3 Å². The lowest BCUT2D eigenvalue weighted by Gasteiger charge is -2.34. The number of carbonyl (C=O) groups is 2. The highest BCUT2D eigenvalue weighted by Crippen LogP contribution is 2.40. The Labute approximate surface area is 150 Å². The number of carbonyl (C=O) groups excluding carboxylic acids is 2. The summed E-state index contributed by atoms with van der Waals surface area (Å²) in [6.07, 6.45) is 3.07. The van der Waals surface area contributed by atoms with Crippen molar-refractivity contribution in [3.63, 3.8) is 0 Å². The monoisotopic (exact) mass is 358 g/mol. The van der Waals surface area contributed by atoms with Crippen LogP contribution in [0.2, 0.25) is 0 Å². The molecule has 3 heterocycles. The number of fused-ring (bicyclic) bond motifs is 1. The van der Waals surface area contributed by atoms with Crippen molar-refractivity contribution in [2.45, 2.75) is 38.9 Å². The number of thiophene rings is 1. The van der Waals surface area contributed by atoms with Gasteiger partial charge in [0.15, 0.2) is 0 Å². The van der Waals surface area contributed by atoms with Crippen molar-refractivity contribution in [3.8, 4) is 0 Å². The first-order chi connectivity index (χ1) is 12.1. The van der Waals surface area contributed by atoms with Crippen LogP contribution in [0.1, 0.15) is 36.4 Å². The smallest absolute Gasteiger partial charge is 0.226 e. The summed E-state index contributed by atoms with van der Waals surface area (Å²) < 4.78 is 1.91. The van der Waals surface area contributed by atoms with Crippen molar-refractivity contribution in [1.29, 1.82) is 0 Å². The summed E-state index contributed by atoms with van der Waals surface area (Å²) in [4.78, 5) is 28.0. The van der Waals surface area contributed by atoms with Crippen LogP contribution in [0.3, 0.4) is 0 Å². The lowest BCUT2D eigenvalue weighted by atomic mass is 10.1. The number of amides is 2. The van der Waals surface area contributed by atoms with Crippen LogP contribution >= 0.6 is 11.3 Å². The Morgan fingerprint density at radius 3 is 2.96 bits per heavy atom. The Kier molecular flexibility index (Phi) is 4.33. The molecule has 1 fully saturated rings. The first-order valence-corrected chi connectivity index (χ1v) is 9.60. The van der Waals surface area contributed by atoms with Gasteiger partial charge in [-0.15, -0.1) is 11.3 Å². The molecule has 3 atom stereocenters. The Morgan fingerprint density at radius 2 is 2.24 bits per heavy atom. The zero-order valence-electron chi connectivity index (χ0n) is 14.2. The second-order valence-electron chi connectivity index (χ2n) is 7.02. The molecule has 132 valence electrons. The number of hydrogen-bond donors (Lipinski definition) is 1. The van der Waals surface area contributed by atoms with Crippen molar-refractivity contribution in [2.24, 2.45) is 11.8 Å². The molecule has 0 saturated heterocycles. The number of nitrogens with one attached hydrogen (secondary N) is 1. The van der Waals surface area contributed by atoms with Crippen LogP contribution < -0.4 is 5.32 Å². The fourth-order valence-electron chi connectivity index (χ4n) is 3.49. The summed E-state index contributed by atoms with van der Waals surface area (Å²) in [5, 5.41) is 9.34. The second-order valence-corrected chi connectivity index (χ2v) is 8.05. The van der Waals surface area contributed by atoms with Crippen LogP contribution in [0.15, 0.2) is 29.8 Å². The molecule has 2 aliphatic rings. The third-order valence-corrected chi connectivity index (χ3v) is 5.96. The van der Waals surface area contributed by atoms with Crippen LogP contribution in [0.25, 0.3) is 0 Å². The Morgan fingerprint density at radius 1 is 1.40 bits per heavy atom. The maximum atomic E-state index is 12.6. The Balaban J connectivity index is 1.41. The molecule has 0 unspecified atom stereocenters. The molecule has 2 aromatic rings. The van der Waals surface area contributed by atoms with Crippen molar-refractivity contribution < 1.29 is 9.59 Å². The minimum atomic E-state index is -0.0971. The summed E-state index contributed by atoms with van der Waals surface area (Å²) in [6, 6.07) is 5.83. The summed E-state index contributed by atoms with van der Waals surface area (Å²) in [5.41, 5.74) is 1.00. The summed E-state index contributed by atoms with van der Waals surface area (Å²) in [6.45, 7) is 3.82. The van der Waals surface area contributed by atoms with Crippen LogP contribution in [-0.4, -0.2) is 33.0 Å². The van der Waals surface area contributed by atoms with E-state index in [0.717, 1.165) is 17.0 Å². The third-order valence-electron chi connectivity index (χ3n) is 5.08. The van der Waals surface area contributed by atoms with Crippen molar-refractivity contribution in [2.75, 3.05) is 6.54 Å². The van der Waals surface area contributed by atoms with Crippen LogP contribution in [0.5, 0.6) is 0 Å². The number of rotatable bonds is 5. The maximum absolute atomic E-state index is 12.6. The Bertz CT molecular complexity index is 770. The molecule has 0 radical (unpaired) electrons. The lowest BCUT2D eigenvalue weighted by molar-refractivity contribution is -0.136. The molecule has 7 heteroatoms. The van der Waals surface area contributed by atoms with E-state index in [1.807, 2.05) is 33.2 Å². The first kappa shape index (κ1) is 16.3. The molecule has 1 saturated carbocycles. The van der Waals surface area contributed by atoms with Gasteiger partial charge in [-0.3, -0.25) is 14.3 Å². The van der Waals surface area contributed by atoms with Crippen LogP contribution in [-0.2, 0) is 22.7 Å². The van der Waals surface area contributed by atoms with E-state index in [9.17, 15) is 9.59 Å². The largest absolute Gasteiger partial charge is 0.351 e. The van der Waals surface area contributed by atoms with Gasteiger partial charge in [0.05, 0.1) is 31.2 Å². The van der Waals surface area contributed by atoms with E-state index in [0.29, 0.717) is 32.0 Å². The maximum Gasteiger partial charge on any atom is 0.226 e. The zero-order valence-corrected chi connectivity index (χ0v) is 15.0. The van der Waals surface area contributed by atoms with Gasteiger partial charge in [0.1, 0.15) is 0 Å². The molecule has 1 N–H and O–H groups in total. The molecular weight excluding hydrogens is 336 g/mol. The van der Waals surface area contributed by atoms with E-state index in [4.69, 9.17) is 0 Å². The van der Waals surface area contributed by atoms with E-state index in [2.05, 4.69) is 17.3 Å². The van der Waals surface area contributed by atoms with Gasteiger partial charge in [0, 0.05) is 23.5 Å². The van der Waals surface area contributed by atoms with E-state index in [-0.39, 0.29) is 23.8 Å². The highest BCUT2D eigenvalue weighted by molar-refractivity contribution is 7.09. The molecular formula is C18H22N4O2S. The third kappa shape index (κ3) is 3.46. The summed E-state index contributed by atoms with van der Waals surface area (Å²) in [5.74, 6) is 0.882. The molecule has 6 nitrogen and oxygen atoms in total. The van der Waals surface area contributed by atoms with Gasteiger partial charge in [-0.2, -0.15) is 5.10 Å². The quantitative estimate of drug-likeness (QED) is 0.891. The number of aromatic nitrogens is 2. The Hall–Kier alpha value is -2.15. The zero-order chi connectivity index (χ0) is 17.4. The van der Waals surface area contributed by atoms with Gasteiger partial charge in [0.2, 0.25) is 11.8 Å². The summed E-state index contributed by atoms with van der Waals surface area (Å²) >= 11 is 1.63. The fourth-order valence-corrected chi connectivity index (χ4v) is 4.14. The second kappa shape index (κ2) is 6.63. The molecule has 1 aliphatic heterocycles. The van der Waals surface area contributed by atoms with Crippen molar-refractivity contribution >= 4 is 23.2 Å². The van der Waals surface area contributed by atoms with E-state index in [1.165, 1.54) is 0 Å². The van der Waals surface area contributed by atoms with Gasteiger partial charge >= 0.3 is 0 Å². The predicted molar refractivity (Wildman–Crippen MR) is 94.7 cm³/mol. The van der Waals surface area contributed by atoms with Crippen LogP contribution in [0, 0.1) is 11.8 Å². The minimum Gasteiger partial charge on any atom is -0.351 e. The normalized spacial score (nSPS) is 24.7. The summed E-state index contributed by atoms with van der Waals surface area (Å²) in [7, 11) is 0. The topological polar surface area (TPSA) is 67.2 Å². The van der Waals surface area contributed by atoms with E-state index >= 15 is 0 Å². The standard InChI is InChI=1S/C18H22N4O2S/c1-12-7-16(12)18(24)21-10-13-4-5-20-22(13)14(11-21)8-17(23)19-9-15-3-2-6-25-15/h2-6,12,14,16H,7-11H2,1H3,(H,19,23)/t12-,14-,16+/m1/s1. The molecule has 2 amide bonds. The number of hydrogen-bond acceptors (Lipinski definition) is 4. The van der Waals surface area contributed by atoms with E-state index in [1.54, 1.807) is 17.5 Å². The molecule has 0 spiro atoms. The highest BCUT2D eigenvalue weighted by atomic mass is 32.1. The minimum absolute atomic E-state index is 0.00561. The van der Waals surface area contributed by atoms with Crippen LogP contribution in [0.4, 0.5) is 0 Å².